The minimum Gasteiger partial charge on any atom is -0.392 e. The van der Waals surface area contributed by atoms with Crippen LogP contribution in [-0.2, 0) is 16.6 Å². The third-order valence-corrected chi connectivity index (χ3v) is 4.30. The van der Waals surface area contributed by atoms with Crippen molar-refractivity contribution < 1.29 is 13.5 Å². The molecule has 0 saturated carbocycles. The lowest BCUT2D eigenvalue weighted by molar-refractivity contribution is 0.191. The fourth-order valence-electron chi connectivity index (χ4n) is 1.42. The van der Waals surface area contributed by atoms with E-state index in [1.54, 1.807) is 31.2 Å². The van der Waals surface area contributed by atoms with E-state index in [1.165, 1.54) is 18.4 Å². The summed E-state index contributed by atoms with van der Waals surface area (Å²) in [6.07, 6.45) is -0.390. The van der Waals surface area contributed by atoms with Gasteiger partial charge < -0.3 is 10.4 Å². The Bertz CT molecular complexity index is 467. The lowest BCUT2D eigenvalue weighted by Crippen LogP contribution is -2.24. The molecular weight excluding hydrogens is 252 g/mol. The molecule has 0 fully saturated rings. The number of hydrogen-bond donors (Lipinski definition) is 2. The Kier molecular flexibility index (Phi) is 5.28. The second-order valence-corrected chi connectivity index (χ2v) is 6.56. The SMILES string of the molecule is CC(O)CNCc1ccc(S(=O)(=O)N(C)C)cc1. The van der Waals surface area contributed by atoms with E-state index >= 15 is 0 Å². The number of sulfonamides is 1. The molecule has 0 aliphatic heterocycles. The average molecular weight is 272 g/mol. The predicted molar refractivity (Wildman–Crippen MR) is 70.7 cm³/mol. The first-order valence-electron chi connectivity index (χ1n) is 5.74. The maximum absolute atomic E-state index is 11.8. The van der Waals surface area contributed by atoms with Gasteiger partial charge in [-0.2, -0.15) is 0 Å². The van der Waals surface area contributed by atoms with Crippen LogP contribution in [0.1, 0.15) is 12.5 Å². The molecule has 0 heterocycles. The lowest BCUT2D eigenvalue weighted by atomic mass is 10.2. The number of hydrogen-bond acceptors (Lipinski definition) is 4. The molecule has 0 amide bonds. The summed E-state index contributed by atoms with van der Waals surface area (Å²) in [4.78, 5) is 0.284. The van der Waals surface area contributed by atoms with Crippen molar-refractivity contribution in [2.75, 3.05) is 20.6 Å². The smallest absolute Gasteiger partial charge is 0.242 e. The maximum atomic E-state index is 11.8. The van der Waals surface area contributed by atoms with Gasteiger partial charge in [0.2, 0.25) is 10.0 Å². The van der Waals surface area contributed by atoms with Crippen molar-refractivity contribution in [1.29, 1.82) is 0 Å². The molecule has 18 heavy (non-hydrogen) atoms. The van der Waals surface area contributed by atoms with Gasteiger partial charge in [-0.05, 0) is 24.6 Å². The molecule has 0 aliphatic carbocycles. The fourth-order valence-corrected chi connectivity index (χ4v) is 2.32. The summed E-state index contributed by atoms with van der Waals surface area (Å²) in [5.41, 5.74) is 0.980. The first-order chi connectivity index (χ1) is 8.34. The van der Waals surface area contributed by atoms with Gasteiger partial charge in [0.05, 0.1) is 11.0 Å². The van der Waals surface area contributed by atoms with E-state index in [2.05, 4.69) is 5.32 Å². The molecule has 0 radical (unpaired) electrons. The highest BCUT2D eigenvalue weighted by molar-refractivity contribution is 7.89. The highest BCUT2D eigenvalue weighted by Gasteiger charge is 2.16. The minimum absolute atomic E-state index is 0.284. The van der Waals surface area contributed by atoms with Crippen LogP contribution in [0.5, 0.6) is 0 Å². The van der Waals surface area contributed by atoms with E-state index in [1.807, 2.05) is 0 Å². The maximum Gasteiger partial charge on any atom is 0.242 e. The predicted octanol–water partition coefficient (Wildman–Crippen LogP) is 0.407. The summed E-state index contributed by atoms with van der Waals surface area (Å²) in [5, 5.41) is 12.2. The monoisotopic (exact) mass is 272 g/mol. The van der Waals surface area contributed by atoms with E-state index in [-0.39, 0.29) is 4.90 Å². The van der Waals surface area contributed by atoms with Crippen molar-refractivity contribution in [3.8, 4) is 0 Å². The van der Waals surface area contributed by atoms with Crippen LogP contribution < -0.4 is 5.32 Å². The van der Waals surface area contributed by atoms with E-state index < -0.39 is 16.1 Å². The Morgan fingerprint density at radius 3 is 2.28 bits per heavy atom. The normalized spacial score (nSPS) is 13.8. The molecule has 0 spiro atoms. The number of rotatable bonds is 6. The molecule has 1 unspecified atom stereocenters. The summed E-state index contributed by atoms with van der Waals surface area (Å²) in [6.45, 7) is 2.82. The van der Waals surface area contributed by atoms with Crippen LogP contribution in [0.3, 0.4) is 0 Å². The number of aliphatic hydroxyl groups excluding tert-OH is 1. The van der Waals surface area contributed by atoms with E-state index in [0.717, 1.165) is 5.56 Å². The van der Waals surface area contributed by atoms with Crippen molar-refractivity contribution in [3.63, 3.8) is 0 Å². The highest BCUT2D eigenvalue weighted by Crippen LogP contribution is 2.13. The van der Waals surface area contributed by atoms with Gasteiger partial charge in [-0.25, -0.2) is 12.7 Å². The number of nitrogens with one attached hydrogen (secondary N) is 1. The summed E-state index contributed by atoms with van der Waals surface area (Å²) in [5.74, 6) is 0. The molecular formula is C12H20N2O3S. The Morgan fingerprint density at radius 2 is 1.83 bits per heavy atom. The van der Waals surface area contributed by atoms with Crippen LogP contribution in [0.2, 0.25) is 0 Å². The molecule has 0 saturated heterocycles. The van der Waals surface area contributed by atoms with E-state index in [0.29, 0.717) is 13.1 Å². The zero-order valence-electron chi connectivity index (χ0n) is 10.9. The molecule has 0 aliphatic rings. The van der Waals surface area contributed by atoms with Crippen molar-refractivity contribution >= 4 is 10.0 Å². The zero-order chi connectivity index (χ0) is 13.8. The zero-order valence-corrected chi connectivity index (χ0v) is 11.7. The molecule has 1 rings (SSSR count). The van der Waals surface area contributed by atoms with Crippen LogP contribution in [0.4, 0.5) is 0 Å². The standard InChI is InChI=1S/C12H20N2O3S/c1-10(15)8-13-9-11-4-6-12(7-5-11)18(16,17)14(2)3/h4-7,10,13,15H,8-9H2,1-3H3. The minimum atomic E-state index is -3.35. The van der Waals surface area contributed by atoms with Crippen molar-refractivity contribution in [3.05, 3.63) is 29.8 Å². The number of aliphatic hydroxyl groups is 1. The quantitative estimate of drug-likeness (QED) is 0.787. The highest BCUT2D eigenvalue weighted by atomic mass is 32.2. The fraction of sp³-hybridized carbons (Fsp3) is 0.500. The summed E-state index contributed by atoms with van der Waals surface area (Å²) >= 11 is 0. The van der Waals surface area contributed by atoms with Gasteiger partial charge in [-0.3, -0.25) is 0 Å². The Hall–Kier alpha value is -0.950. The van der Waals surface area contributed by atoms with Crippen molar-refractivity contribution in [1.82, 2.24) is 9.62 Å². The summed E-state index contributed by atoms with van der Waals surface area (Å²) in [6, 6.07) is 6.72. The second kappa shape index (κ2) is 6.29. The van der Waals surface area contributed by atoms with Crippen LogP contribution >= 0.6 is 0 Å². The third-order valence-electron chi connectivity index (χ3n) is 2.47. The molecule has 0 bridgehead atoms. The largest absolute Gasteiger partial charge is 0.392 e. The van der Waals surface area contributed by atoms with Crippen LogP contribution in [0, 0.1) is 0 Å². The van der Waals surface area contributed by atoms with E-state index in [4.69, 9.17) is 5.11 Å². The molecule has 6 heteroatoms. The molecule has 2 N–H and O–H groups in total. The van der Waals surface area contributed by atoms with Gasteiger partial charge in [-0.15, -0.1) is 0 Å². The van der Waals surface area contributed by atoms with Gasteiger partial charge in [0, 0.05) is 27.2 Å². The molecule has 1 atom stereocenters. The van der Waals surface area contributed by atoms with Gasteiger partial charge in [0.1, 0.15) is 0 Å². The molecule has 1 aromatic rings. The summed E-state index contributed by atoms with van der Waals surface area (Å²) in [7, 11) is -0.340. The van der Waals surface area contributed by atoms with Crippen molar-refractivity contribution in [2.45, 2.75) is 24.5 Å². The number of benzene rings is 1. The number of nitrogens with zero attached hydrogens (tertiary/aromatic N) is 1. The van der Waals surface area contributed by atoms with Gasteiger partial charge >= 0.3 is 0 Å². The second-order valence-electron chi connectivity index (χ2n) is 4.41. The molecule has 0 aromatic heterocycles. The van der Waals surface area contributed by atoms with Gasteiger partial charge in [0.15, 0.2) is 0 Å². The van der Waals surface area contributed by atoms with E-state index in [9.17, 15) is 8.42 Å². The Balaban J connectivity index is 2.69. The van der Waals surface area contributed by atoms with Gasteiger partial charge in [-0.1, -0.05) is 12.1 Å². The average Bonchev–Trinajstić information content (AvgIpc) is 2.29. The molecule has 5 nitrogen and oxygen atoms in total. The molecule has 1 aromatic carbocycles. The Morgan fingerprint density at radius 1 is 1.28 bits per heavy atom. The summed E-state index contributed by atoms with van der Waals surface area (Å²) < 4.78 is 24.8. The first-order valence-corrected chi connectivity index (χ1v) is 7.18. The topological polar surface area (TPSA) is 69.6 Å². The van der Waals surface area contributed by atoms with Crippen molar-refractivity contribution in [2.24, 2.45) is 0 Å². The molecule has 102 valence electrons. The van der Waals surface area contributed by atoms with Crippen LogP contribution in [0.25, 0.3) is 0 Å². The third kappa shape index (κ3) is 4.06. The lowest BCUT2D eigenvalue weighted by Gasteiger charge is -2.12. The van der Waals surface area contributed by atoms with Gasteiger partial charge in [0.25, 0.3) is 0 Å². The Labute approximate surface area is 108 Å². The van der Waals surface area contributed by atoms with Crippen LogP contribution in [0.15, 0.2) is 29.2 Å². The van der Waals surface area contributed by atoms with Crippen LogP contribution in [-0.4, -0.2) is 44.6 Å². The first kappa shape index (κ1) is 15.1.